The maximum Gasteiger partial charge on any atom is 0.314 e. The quantitative estimate of drug-likeness (QED) is 0.689. The highest BCUT2D eigenvalue weighted by molar-refractivity contribution is 5.73. The number of benzene rings is 1. The van der Waals surface area contributed by atoms with E-state index in [1.54, 1.807) is 6.92 Å². The van der Waals surface area contributed by atoms with Crippen molar-refractivity contribution in [3.63, 3.8) is 0 Å². The molecule has 5 nitrogen and oxygen atoms in total. The summed E-state index contributed by atoms with van der Waals surface area (Å²) in [6.07, 6.45) is 1.65. The van der Waals surface area contributed by atoms with Crippen LogP contribution in [0.25, 0.3) is 0 Å². The summed E-state index contributed by atoms with van der Waals surface area (Å²) in [5.74, 6) is 0.137. The maximum atomic E-state index is 11.8. The van der Waals surface area contributed by atoms with Crippen LogP contribution in [0.5, 0.6) is 0 Å². The molecule has 0 aliphatic carbocycles. The minimum Gasteiger partial charge on any atom is -0.388 e. The Morgan fingerprint density at radius 3 is 2.39 bits per heavy atom. The number of rotatable bonds is 8. The van der Waals surface area contributed by atoms with Crippen molar-refractivity contribution in [3.05, 3.63) is 29.8 Å². The van der Waals surface area contributed by atoms with Gasteiger partial charge in [-0.05, 0) is 37.0 Å². The molecule has 0 saturated carbocycles. The Balaban J connectivity index is 2.31. The van der Waals surface area contributed by atoms with Gasteiger partial charge in [-0.3, -0.25) is 0 Å². The van der Waals surface area contributed by atoms with Crippen molar-refractivity contribution in [2.45, 2.75) is 39.2 Å². The molecule has 5 heteroatoms. The number of carbonyl (C=O) groups is 1. The Kier molecular flexibility index (Phi) is 7.36. The molecule has 0 aliphatic rings. The molecule has 0 aromatic heterocycles. The first-order chi connectivity index (χ1) is 10.8. The largest absolute Gasteiger partial charge is 0.388 e. The Bertz CT molecular complexity index is 484. The molecule has 0 bridgehead atoms. The van der Waals surface area contributed by atoms with E-state index in [2.05, 4.69) is 39.8 Å². The van der Waals surface area contributed by atoms with Crippen LogP contribution < -0.4 is 15.5 Å². The molecule has 1 aromatic carbocycles. The predicted molar refractivity (Wildman–Crippen MR) is 96.0 cm³/mol. The lowest BCUT2D eigenvalue weighted by Gasteiger charge is -2.29. The summed E-state index contributed by atoms with van der Waals surface area (Å²) in [4.78, 5) is 13.8. The average Bonchev–Trinajstić information content (AvgIpc) is 2.52. The van der Waals surface area contributed by atoms with E-state index in [0.717, 1.165) is 18.5 Å². The number of aliphatic hydroxyl groups is 1. The van der Waals surface area contributed by atoms with E-state index in [1.165, 1.54) is 5.56 Å². The predicted octanol–water partition coefficient (Wildman–Crippen LogP) is 2.39. The number of carbonyl (C=O) groups excluding carboxylic acids is 1. The second-order valence-electron chi connectivity index (χ2n) is 6.59. The monoisotopic (exact) mass is 321 g/mol. The minimum atomic E-state index is -0.881. The first-order valence-corrected chi connectivity index (χ1v) is 8.26. The molecule has 2 unspecified atom stereocenters. The van der Waals surface area contributed by atoms with Crippen LogP contribution in [-0.4, -0.2) is 43.9 Å². The maximum absolute atomic E-state index is 11.8. The number of nitrogens with one attached hydrogen (secondary N) is 2. The van der Waals surface area contributed by atoms with Gasteiger partial charge in [0.2, 0.25) is 0 Å². The molecule has 1 rings (SSSR count). The van der Waals surface area contributed by atoms with Crippen LogP contribution in [0, 0.1) is 5.92 Å². The standard InChI is InChI=1S/C18H31N3O2/c1-6-14(2)18(3,23)13-20-17(22)19-12-11-15-7-9-16(10-8-15)21(4)5/h7-10,14,23H,6,11-13H2,1-5H3,(H2,19,20,22). The highest BCUT2D eigenvalue weighted by atomic mass is 16.3. The fraction of sp³-hybridized carbons (Fsp3) is 0.611. The Hall–Kier alpha value is -1.75. The van der Waals surface area contributed by atoms with E-state index in [0.29, 0.717) is 6.54 Å². The molecule has 2 atom stereocenters. The normalized spacial score (nSPS) is 14.7. The van der Waals surface area contributed by atoms with Gasteiger partial charge in [0.15, 0.2) is 0 Å². The van der Waals surface area contributed by atoms with Crippen LogP contribution >= 0.6 is 0 Å². The lowest BCUT2D eigenvalue weighted by Crippen LogP contribution is -2.48. The smallest absolute Gasteiger partial charge is 0.314 e. The summed E-state index contributed by atoms with van der Waals surface area (Å²) in [7, 11) is 4.02. The zero-order valence-corrected chi connectivity index (χ0v) is 15.0. The zero-order valence-electron chi connectivity index (χ0n) is 15.0. The second-order valence-corrected chi connectivity index (χ2v) is 6.59. The highest BCUT2D eigenvalue weighted by Gasteiger charge is 2.27. The first kappa shape index (κ1) is 19.3. The van der Waals surface area contributed by atoms with Crippen molar-refractivity contribution >= 4 is 11.7 Å². The second kappa shape index (κ2) is 8.77. The van der Waals surface area contributed by atoms with Gasteiger partial charge >= 0.3 is 6.03 Å². The summed E-state index contributed by atoms with van der Waals surface area (Å²) in [6, 6.07) is 8.04. The van der Waals surface area contributed by atoms with E-state index in [-0.39, 0.29) is 18.5 Å². The number of anilines is 1. The third-order valence-electron chi connectivity index (χ3n) is 4.43. The highest BCUT2D eigenvalue weighted by Crippen LogP contribution is 2.18. The Morgan fingerprint density at radius 1 is 1.26 bits per heavy atom. The molecule has 130 valence electrons. The van der Waals surface area contributed by atoms with Gasteiger partial charge in [-0.2, -0.15) is 0 Å². The van der Waals surface area contributed by atoms with Crippen molar-refractivity contribution in [2.24, 2.45) is 5.92 Å². The molecule has 0 radical (unpaired) electrons. The molecule has 2 amide bonds. The topological polar surface area (TPSA) is 64.6 Å². The third-order valence-corrected chi connectivity index (χ3v) is 4.43. The Labute approximate surface area is 140 Å². The van der Waals surface area contributed by atoms with E-state index >= 15 is 0 Å². The van der Waals surface area contributed by atoms with Crippen LogP contribution in [-0.2, 0) is 6.42 Å². The van der Waals surface area contributed by atoms with Crippen LogP contribution in [0.15, 0.2) is 24.3 Å². The molecule has 23 heavy (non-hydrogen) atoms. The molecular formula is C18H31N3O2. The lowest BCUT2D eigenvalue weighted by molar-refractivity contribution is 0.00791. The molecule has 3 N–H and O–H groups in total. The first-order valence-electron chi connectivity index (χ1n) is 8.26. The fourth-order valence-electron chi connectivity index (χ4n) is 2.22. The van der Waals surface area contributed by atoms with E-state index in [4.69, 9.17) is 0 Å². The summed E-state index contributed by atoms with van der Waals surface area (Å²) >= 11 is 0. The molecule has 0 saturated heterocycles. The molecule has 0 aliphatic heterocycles. The molecule has 0 spiro atoms. The van der Waals surface area contributed by atoms with Gasteiger partial charge in [-0.1, -0.05) is 32.4 Å². The van der Waals surface area contributed by atoms with Gasteiger partial charge in [0.05, 0.1) is 5.60 Å². The van der Waals surface area contributed by atoms with Crippen molar-refractivity contribution in [2.75, 3.05) is 32.1 Å². The van der Waals surface area contributed by atoms with Gasteiger partial charge < -0.3 is 20.6 Å². The van der Waals surface area contributed by atoms with Crippen molar-refractivity contribution in [1.82, 2.24) is 10.6 Å². The van der Waals surface area contributed by atoms with Gasteiger partial charge in [-0.25, -0.2) is 4.79 Å². The van der Waals surface area contributed by atoms with Crippen LogP contribution in [0.3, 0.4) is 0 Å². The van der Waals surface area contributed by atoms with E-state index in [1.807, 2.05) is 27.9 Å². The number of hydrogen-bond donors (Lipinski definition) is 3. The van der Waals surface area contributed by atoms with Crippen molar-refractivity contribution in [3.8, 4) is 0 Å². The van der Waals surface area contributed by atoms with E-state index in [9.17, 15) is 9.90 Å². The molecule has 0 fully saturated rings. The summed E-state index contributed by atoms with van der Waals surface area (Å²) in [6.45, 7) is 6.59. The SMILES string of the molecule is CCC(C)C(C)(O)CNC(=O)NCCc1ccc(N(C)C)cc1. The number of amides is 2. The average molecular weight is 321 g/mol. The van der Waals surface area contributed by atoms with Gasteiger partial charge in [0.1, 0.15) is 0 Å². The Morgan fingerprint density at radius 2 is 1.87 bits per heavy atom. The number of hydrogen-bond acceptors (Lipinski definition) is 3. The minimum absolute atomic E-state index is 0.137. The van der Waals surface area contributed by atoms with Crippen LogP contribution in [0.2, 0.25) is 0 Å². The van der Waals surface area contributed by atoms with Crippen molar-refractivity contribution < 1.29 is 9.90 Å². The fourth-order valence-corrected chi connectivity index (χ4v) is 2.22. The zero-order chi connectivity index (χ0) is 17.5. The molecule has 0 heterocycles. The third kappa shape index (κ3) is 6.48. The van der Waals surface area contributed by atoms with Gasteiger partial charge in [-0.15, -0.1) is 0 Å². The number of nitrogens with zero attached hydrogens (tertiary/aromatic N) is 1. The van der Waals surface area contributed by atoms with Crippen molar-refractivity contribution in [1.29, 1.82) is 0 Å². The summed E-state index contributed by atoms with van der Waals surface area (Å²) in [5.41, 5.74) is 1.46. The van der Waals surface area contributed by atoms with E-state index < -0.39 is 5.60 Å². The summed E-state index contributed by atoms with van der Waals surface area (Å²) < 4.78 is 0. The van der Waals surface area contributed by atoms with Crippen LogP contribution in [0.1, 0.15) is 32.8 Å². The van der Waals surface area contributed by atoms with Crippen LogP contribution in [0.4, 0.5) is 10.5 Å². The number of urea groups is 1. The lowest BCUT2D eigenvalue weighted by atomic mass is 9.89. The molecule has 1 aromatic rings. The van der Waals surface area contributed by atoms with Gasteiger partial charge in [0, 0.05) is 32.9 Å². The van der Waals surface area contributed by atoms with Gasteiger partial charge in [0.25, 0.3) is 0 Å². The summed E-state index contributed by atoms with van der Waals surface area (Å²) in [5, 5.41) is 15.8. The molecular weight excluding hydrogens is 290 g/mol.